The Balaban J connectivity index is 1.24. The zero-order chi connectivity index (χ0) is 23.7. The number of piperidine rings is 1. The average molecular weight is 480 g/mol. The zero-order valence-corrected chi connectivity index (χ0v) is 19.7. The molecule has 1 aromatic carbocycles. The fraction of sp³-hybridized carbons (Fsp3) is 0.391. The van der Waals surface area contributed by atoms with Crippen molar-refractivity contribution in [1.82, 2.24) is 30.0 Å². The Morgan fingerprint density at radius 2 is 1.76 bits per heavy atom. The second-order valence-corrected chi connectivity index (χ2v) is 9.05. The number of rotatable bonds is 7. The summed E-state index contributed by atoms with van der Waals surface area (Å²) >= 11 is 1.49. The van der Waals surface area contributed by atoms with Gasteiger partial charge in [0, 0.05) is 19.6 Å². The molecule has 0 atom stereocenters. The van der Waals surface area contributed by atoms with Crippen LogP contribution in [0.5, 0.6) is 0 Å². The molecule has 1 N–H and O–H groups in total. The lowest BCUT2D eigenvalue weighted by Gasteiger charge is -2.28. The Morgan fingerprint density at radius 1 is 1.06 bits per heavy atom. The third-order valence-electron chi connectivity index (χ3n) is 6.12. The molecule has 34 heavy (non-hydrogen) atoms. The van der Waals surface area contributed by atoms with Gasteiger partial charge in [-0.05, 0) is 37.7 Å². The molecular weight excluding hydrogens is 454 g/mol. The van der Waals surface area contributed by atoms with Crippen molar-refractivity contribution in [2.45, 2.75) is 31.0 Å². The lowest BCUT2D eigenvalue weighted by molar-refractivity contribution is -0.121. The highest BCUT2D eigenvalue weighted by Gasteiger charge is 2.36. The van der Waals surface area contributed by atoms with Gasteiger partial charge in [0.05, 0.1) is 29.3 Å². The molecule has 0 aliphatic carbocycles. The van der Waals surface area contributed by atoms with E-state index in [1.54, 1.807) is 35.1 Å². The van der Waals surface area contributed by atoms with E-state index in [2.05, 4.69) is 20.3 Å². The smallest absolute Gasteiger partial charge is 0.262 e. The monoisotopic (exact) mass is 479 g/mol. The van der Waals surface area contributed by atoms with Crippen molar-refractivity contribution < 1.29 is 14.4 Å². The van der Waals surface area contributed by atoms with E-state index in [0.717, 1.165) is 47.7 Å². The van der Waals surface area contributed by atoms with Crippen molar-refractivity contribution in [2.24, 2.45) is 0 Å². The third-order valence-corrected chi connectivity index (χ3v) is 6.67. The van der Waals surface area contributed by atoms with E-state index in [-0.39, 0.29) is 13.1 Å². The Labute approximate surface area is 200 Å². The number of carbonyl (C=O) groups is 3. The predicted octanol–water partition coefficient (Wildman–Crippen LogP) is 1.95. The van der Waals surface area contributed by atoms with Gasteiger partial charge in [-0.1, -0.05) is 23.9 Å². The number of aromatic nitrogens is 4. The third kappa shape index (κ3) is 4.11. The van der Waals surface area contributed by atoms with Crippen molar-refractivity contribution in [3.63, 3.8) is 0 Å². The molecule has 10 nitrogen and oxygen atoms in total. The Kier molecular flexibility index (Phi) is 6.18. The summed E-state index contributed by atoms with van der Waals surface area (Å²) in [5.74, 6) is -0.380. The summed E-state index contributed by atoms with van der Waals surface area (Å²) in [7, 11) is 0. The van der Waals surface area contributed by atoms with Gasteiger partial charge in [0.1, 0.15) is 12.4 Å². The van der Waals surface area contributed by atoms with Gasteiger partial charge in [-0.15, -0.1) is 0 Å². The van der Waals surface area contributed by atoms with E-state index in [9.17, 15) is 14.4 Å². The number of hydrogen-bond donors (Lipinski definition) is 1. The maximum absolute atomic E-state index is 12.5. The Hall–Kier alpha value is -3.47. The van der Waals surface area contributed by atoms with Gasteiger partial charge in [-0.3, -0.25) is 19.3 Å². The summed E-state index contributed by atoms with van der Waals surface area (Å²) < 4.78 is 1.76. The van der Waals surface area contributed by atoms with E-state index < -0.39 is 17.7 Å². The van der Waals surface area contributed by atoms with Gasteiger partial charge in [0.25, 0.3) is 11.8 Å². The van der Waals surface area contributed by atoms with Crippen LogP contribution < -0.4 is 10.2 Å². The summed E-state index contributed by atoms with van der Waals surface area (Å²) in [5.41, 5.74) is 1.39. The van der Waals surface area contributed by atoms with Gasteiger partial charge >= 0.3 is 0 Å². The van der Waals surface area contributed by atoms with Crippen LogP contribution >= 0.6 is 11.8 Å². The minimum atomic E-state index is -0.444. The van der Waals surface area contributed by atoms with Gasteiger partial charge in [0.2, 0.25) is 5.91 Å². The SMILES string of the molecule is CSc1nc(N2CCCCC2)c2cnn(CCNC(=O)CN3C(=O)c4ccccc4C3=O)c2n1. The lowest BCUT2D eigenvalue weighted by Crippen LogP contribution is -2.41. The molecule has 4 heterocycles. The Morgan fingerprint density at radius 3 is 2.44 bits per heavy atom. The van der Waals surface area contributed by atoms with Crippen LogP contribution in [0.25, 0.3) is 11.0 Å². The summed E-state index contributed by atoms with van der Waals surface area (Å²) in [5, 5.41) is 8.85. The summed E-state index contributed by atoms with van der Waals surface area (Å²) in [4.78, 5) is 50.1. The van der Waals surface area contributed by atoms with Gasteiger partial charge < -0.3 is 10.2 Å². The van der Waals surface area contributed by atoms with Crippen LogP contribution in [0.3, 0.4) is 0 Å². The summed E-state index contributed by atoms with van der Waals surface area (Å²) in [6.45, 7) is 2.32. The molecule has 3 aromatic rings. The van der Waals surface area contributed by atoms with Crippen molar-refractivity contribution in [3.05, 3.63) is 41.6 Å². The lowest BCUT2D eigenvalue weighted by atomic mass is 10.1. The van der Waals surface area contributed by atoms with Gasteiger partial charge in [-0.25, -0.2) is 14.6 Å². The molecule has 11 heteroatoms. The molecule has 0 radical (unpaired) electrons. The first kappa shape index (κ1) is 22.3. The number of anilines is 1. The fourth-order valence-electron chi connectivity index (χ4n) is 4.41. The highest BCUT2D eigenvalue weighted by molar-refractivity contribution is 7.98. The second kappa shape index (κ2) is 9.41. The number of benzene rings is 1. The number of thioether (sulfide) groups is 1. The van der Waals surface area contributed by atoms with Crippen molar-refractivity contribution in [3.8, 4) is 0 Å². The van der Waals surface area contributed by atoms with E-state index >= 15 is 0 Å². The average Bonchev–Trinajstić information content (AvgIpc) is 3.38. The minimum Gasteiger partial charge on any atom is -0.356 e. The quantitative estimate of drug-likeness (QED) is 0.311. The maximum atomic E-state index is 12.5. The van der Waals surface area contributed by atoms with Crippen molar-refractivity contribution in [2.75, 3.05) is 37.3 Å². The molecule has 2 aromatic heterocycles. The molecule has 0 bridgehead atoms. The topological polar surface area (TPSA) is 113 Å². The normalized spacial score (nSPS) is 15.8. The van der Waals surface area contributed by atoms with Crippen LogP contribution in [-0.4, -0.2) is 74.8 Å². The first-order valence-electron chi connectivity index (χ1n) is 11.3. The standard InChI is InChI=1S/C23H25N7O3S/c1-34-23-26-19(28-10-5-2-6-11-28)17-13-25-30(20(17)27-23)12-9-24-18(31)14-29-21(32)15-7-3-4-8-16(15)22(29)33/h3-4,7-8,13H,2,5-6,9-12,14H2,1H3,(H,24,31). The van der Waals surface area contributed by atoms with Crippen molar-refractivity contribution >= 4 is 46.3 Å². The van der Waals surface area contributed by atoms with Crippen LogP contribution in [0.4, 0.5) is 5.82 Å². The predicted molar refractivity (Wildman–Crippen MR) is 128 cm³/mol. The Bertz CT molecular complexity index is 1230. The van der Waals surface area contributed by atoms with Crippen LogP contribution in [0.1, 0.15) is 40.0 Å². The molecule has 3 amide bonds. The number of imide groups is 1. The largest absolute Gasteiger partial charge is 0.356 e. The molecule has 0 unspecified atom stereocenters. The van der Waals surface area contributed by atoms with Crippen molar-refractivity contribution in [1.29, 1.82) is 0 Å². The molecule has 2 aliphatic rings. The van der Waals surface area contributed by atoms with E-state index in [4.69, 9.17) is 4.98 Å². The van der Waals surface area contributed by atoms with Gasteiger partial charge in [-0.2, -0.15) is 5.10 Å². The summed E-state index contributed by atoms with van der Waals surface area (Å²) in [6, 6.07) is 6.59. The molecule has 1 saturated heterocycles. The summed E-state index contributed by atoms with van der Waals surface area (Å²) in [6.07, 6.45) is 7.26. The molecule has 0 saturated carbocycles. The number of hydrogen-bond acceptors (Lipinski definition) is 8. The fourth-order valence-corrected chi connectivity index (χ4v) is 4.76. The first-order chi connectivity index (χ1) is 16.6. The van der Waals surface area contributed by atoms with Gasteiger partial charge in [0.15, 0.2) is 10.8 Å². The van der Waals surface area contributed by atoms with Crippen LogP contribution in [0.2, 0.25) is 0 Å². The number of nitrogens with zero attached hydrogens (tertiary/aromatic N) is 6. The van der Waals surface area contributed by atoms with E-state index in [0.29, 0.717) is 22.8 Å². The minimum absolute atomic E-state index is 0.288. The van der Waals surface area contributed by atoms with E-state index in [1.165, 1.54) is 18.2 Å². The molecule has 0 spiro atoms. The second-order valence-electron chi connectivity index (χ2n) is 8.28. The molecule has 176 valence electrons. The molecule has 2 aliphatic heterocycles. The molecule has 5 rings (SSSR count). The van der Waals surface area contributed by atoms with Crippen LogP contribution in [0.15, 0.2) is 35.6 Å². The highest BCUT2D eigenvalue weighted by atomic mass is 32.2. The number of nitrogens with one attached hydrogen (secondary N) is 1. The zero-order valence-electron chi connectivity index (χ0n) is 18.9. The van der Waals surface area contributed by atoms with E-state index in [1.807, 2.05) is 6.26 Å². The molecule has 1 fully saturated rings. The molecular formula is C23H25N7O3S. The highest BCUT2D eigenvalue weighted by Crippen LogP contribution is 2.28. The first-order valence-corrected chi connectivity index (χ1v) is 12.5. The number of carbonyl (C=O) groups excluding carboxylic acids is 3. The van der Waals surface area contributed by atoms with Crippen LogP contribution in [0, 0.1) is 0 Å². The maximum Gasteiger partial charge on any atom is 0.262 e. The van der Waals surface area contributed by atoms with Crippen LogP contribution in [-0.2, 0) is 11.3 Å². The number of amides is 3. The number of fused-ring (bicyclic) bond motifs is 2.